The average Bonchev–Trinajstić information content (AvgIpc) is 2.50. The summed E-state index contributed by atoms with van der Waals surface area (Å²) in [5, 5.41) is 0. The second-order valence-corrected chi connectivity index (χ2v) is 5.65. The van der Waals surface area contributed by atoms with Crippen LogP contribution >= 0.6 is 22.6 Å². The highest BCUT2D eigenvalue weighted by atomic mass is 127. The monoisotopic (exact) mass is 403 g/mol. The van der Waals surface area contributed by atoms with Crippen molar-refractivity contribution in [3.8, 4) is 11.5 Å². The Kier molecular flexibility index (Phi) is 5.72. The number of nitrogens with zero attached hydrogens (tertiary/aromatic N) is 1. The number of rotatable bonds is 4. The number of halogens is 1. The van der Waals surface area contributed by atoms with Crippen LogP contribution in [0, 0.1) is 3.57 Å². The molecule has 2 rings (SSSR count). The van der Waals surface area contributed by atoms with E-state index in [1.165, 1.54) is 0 Å². The Hall–Kier alpha value is -1.44. The van der Waals surface area contributed by atoms with Gasteiger partial charge in [-0.25, -0.2) is 4.79 Å². The summed E-state index contributed by atoms with van der Waals surface area (Å²) in [5.41, 5.74) is 0. The maximum absolute atomic E-state index is 11.8. The molecule has 0 bridgehead atoms. The molecule has 5 nitrogen and oxygen atoms in total. The smallest absolute Gasteiger partial charge is 0.410 e. The van der Waals surface area contributed by atoms with Crippen LogP contribution in [0.3, 0.4) is 0 Å². The normalized spacial score (nSPS) is 17.5. The molecule has 1 aliphatic rings. The molecule has 1 heterocycles. The van der Waals surface area contributed by atoms with Gasteiger partial charge in [-0.1, -0.05) is 6.08 Å². The molecule has 0 aromatic heterocycles. The lowest BCUT2D eigenvalue weighted by atomic mass is 10.2. The summed E-state index contributed by atoms with van der Waals surface area (Å²) < 4.78 is 17.2. The van der Waals surface area contributed by atoms with Crippen LogP contribution < -0.4 is 9.47 Å². The molecule has 21 heavy (non-hydrogen) atoms. The van der Waals surface area contributed by atoms with E-state index in [9.17, 15) is 4.79 Å². The lowest BCUT2D eigenvalue weighted by Gasteiger charge is -2.28. The van der Waals surface area contributed by atoms with Crippen LogP contribution in [-0.4, -0.2) is 43.9 Å². The third-order valence-electron chi connectivity index (χ3n) is 3.02. The van der Waals surface area contributed by atoms with Crippen molar-refractivity contribution < 1.29 is 19.0 Å². The largest absolute Gasteiger partial charge is 0.497 e. The third kappa shape index (κ3) is 4.26. The van der Waals surface area contributed by atoms with Gasteiger partial charge >= 0.3 is 6.09 Å². The highest BCUT2D eigenvalue weighted by Gasteiger charge is 2.22. The molecule has 0 radical (unpaired) electrons. The first kappa shape index (κ1) is 15.9. The number of methoxy groups -OCH3 is 1. The zero-order chi connectivity index (χ0) is 15.2. The van der Waals surface area contributed by atoms with Crippen molar-refractivity contribution in [1.82, 2.24) is 4.90 Å². The molecule has 1 aromatic carbocycles. The van der Waals surface area contributed by atoms with Gasteiger partial charge in [0.15, 0.2) is 0 Å². The Balaban J connectivity index is 2.04. The zero-order valence-corrected chi connectivity index (χ0v) is 14.2. The number of carbonyl (C=O) groups excluding carboxylic acids is 1. The van der Waals surface area contributed by atoms with E-state index in [0.717, 1.165) is 15.1 Å². The van der Waals surface area contributed by atoms with Gasteiger partial charge in [0.05, 0.1) is 23.8 Å². The molecule has 0 fully saturated rings. The first-order valence-corrected chi connectivity index (χ1v) is 7.80. The van der Waals surface area contributed by atoms with Crippen molar-refractivity contribution in [1.29, 1.82) is 0 Å². The fraction of sp³-hybridized carbons (Fsp3) is 0.400. The number of amides is 1. The molecule has 1 aliphatic heterocycles. The number of carbonyl (C=O) groups is 1. The third-order valence-corrected chi connectivity index (χ3v) is 3.91. The van der Waals surface area contributed by atoms with Crippen LogP contribution in [-0.2, 0) is 4.74 Å². The summed E-state index contributed by atoms with van der Waals surface area (Å²) in [7, 11) is 1.62. The zero-order valence-electron chi connectivity index (χ0n) is 12.0. The van der Waals surface area contributed by atoms with Crippen LogP contribution in [0.4, 0.5) is 4.79 Å². The van der Waals surface area contributed by atoms with Crippen LogP contribution in [0.1, 0.15) is 6.92 Å². The maximum atomic E-state index is 11.8. The molecular formula is C15H18INO4. The molecular weight excluding hydrogens is 385 g/mol. The Labute approximate surface area is 138 Å². The standard InChI is InChI=1S/C15H18INO4/c1-3-20-15(18)17-8-4-5-12(10-17)21-14-9-11(19-2)6-7-13(14)16/h4-7,9,12H,3,8,10H2,1-2H3. The van der Waals surface area contributed by atoms with Crippen LogP contribution in [0.25, 0.3) is 0 Å². The summed E-state index contributed by atoms with van der Waals surface area (Å²) in [6.07, 6.45) is 3.38. The second kappa shape index (κ2) is 7.53. The van der Waals surface area contributed by atoms with Crippen LogP contribution in [0.15, 0.2) is 30.4 Å². The minimum Gasteiger partial charge on any atom is -0.497 e. The number of hydrogen-bond acceptors (Lipinski definition) is 4. The summed E-state index contributed by atoms with van der Waals surface area (Å²) in [6.45, 7) is 3.19. The fourth-order valence-electron chi connectivity index (χ4n) is 2.00. The quantitative estimate of drug-likeness (QED) is 0.573. The van der Waals surface area contributed by atoms with E-state index in [2.05, 4.69) is 22.6 Å². The van der Waals surface area contributed by atoms with Gasteiger partial charge in [0, 0.05) is 12.6 Å². The van der Waals surface area contributed by atoms with Crippen molar-refractivity contribution in [2.75, 3.05) is 26.8 Å². The van der Waals surface area contributed by atoms with Crippen molar-refractivity contribution in [2.24, 2.45) is 0 Å². The lowest BCUT2D eigenvalue weighted by Crippen LogP contribution is -2.42. The van der Waals surface area contributed by atoms with Crippen molar-refractivity contribution in [3.05, 3.63) is 33.9 Å². The Morgan fingerprint density at radius 3 is 3.00 bits per heavy atom. The summed E-state index contributed by atoms with van der Waals surface area (Å²) >= 11 is 2.21. The molecule has 1 aromatic rings. The van der Waals surface area contributed by atoms with E-state index in [1.807, 2.05) is 30.4 Å². The SMILES string of the molecule is CCOC(=O)N1CC=CC(Oc2cc(OC)ccc2I)C1. The molecule has 0 saturated heterocycles. The van der Waals surface area contributed by atoms with Crippen molar-refractivity contribution in [2.45, 2.75) is 13.0 Å². The molecule has 0 N–H and O–H groups in total. The minimum atomic E-state index is -0.309. The first-order chi connectivity index (χ1) is 10.1. The minimum absolute atomic E-state index is 0.191. The first-order valence-electron chi connectivity index (χ1n) is 6.72. The van der Waals surface area contributed by atoms with Gasteiger partial charge in [-0.15, -0.1) is 0 Å². The highest BCUT2D eigenvalue weighted by Crippen LogP contribution is 2.27. The number of hydrogen-bond donors (Lipinski definition) is 0. The summed E-state index contributed by atoms with van der Waals surface area (Å²) in [6, 6.07) is 5.67. The van der Waals surface area contributed by atoms with Gasteiger partial charge in [-0.2, -0.15) is 0 Å². The lowest BCUT2D eigenvalue weighted by molar-refractivity contribution is 0.0927. The van der Waals surface area contributed by atoms with Crippen molar-refractivity contribution in [3.63, 3.8) is 0 Å². The molecule has 114 valence electrons. The summed E-state index contributed by atoms with van der Waals surface area (Å²) in [4.78, 5) is 13.4. The second-order valence-electron chi connectivity index (χ2n) is 4.48. The average molecular weight is 403 g/mol. The van der Waals surface area contributed by atoms with Gasteiger partial charge < -0.3 is 19.1 Å². The molecule has 0 saturated carbocycles. The Morgan fingerprint density at radius 1 is 1.48 bits per heavy atom. The van der Waals surface area contributed by atoms with Crippen LogP contribution in [0.2, 0.25) is 0 Å². The van der Waals surface area contributed by atoms with E-state index in [0.29, 0.717) is 19.7 Å². The Bertz CT molecular complexity index is 532. The predicted molar refractivity (Wildman–Crippen MR) is 87.9 cm³/mol. The van der Waals surface area contributed by atoms with Gasteiger partial charge in [0.2, 0.25) is 0 Å². The highest BCUT2D eigenvalue weighted by molar-refractivity contribution is 14.1. The number of benzene rings is 1. The maximum Gasteiger partial charge on any atom is 0.410 e. The molecule has 6 heteroatoms. The fourth-order valence-corrected chi connectivity index (χ4v) is 2.46. The van der Waals surface area contributed by atoms with E-state index in [4.69, 9.17) is 14.2 Å². The van der Waals surface area contributed by atoms with E-state index in [-0.39, 0.29) is 12.2 Å². The molecule has 0 aliphatic carbocycles. The van der Waals surface area contributed by atoms with Gasteiger partial charge in [-0.05, 0) is 47.7 Å². The van der Waals surface area contributed by atoms with Gasteiger partial charge in [0.25, 0.3) is 0 Å². The topological polar surface area (TPSA) is 48.0 Å². The van der Waals surface area contributed by atoms with E-state index >= 15 is 0 Å². The predicted octanol–water partition coefficient (Wildman–Crippen LogP) is 3.08. The van der Waals surface area contributed by atoms with Gasteiger partial charge in [-0.3, -0.25) is 0 Å². The van der Waals surface area contributed by atoms with Gasteiger partial charge in [0.1, 0.15) is 17.6 Å². The van der Waals surface area contributed by atoms with Crippen LogP contribution in [0.5, 0.6) is 11.5 Å². The molecule has 1 amide bonds. The van der Waals surface area contributed by atoms with E-state index in [1.54, 1.807) is 18.9 Å². The molecule has 1 unspecified atom stereocenters. The Morgan fingerprint density at radius 2 is 2.29 bits per heavy atom. The summed E-state index contributed by atoms with van der Waals surface area (Å²) in [5.74, 6) is 1.49. The van der Waals surface area contributed by atoms with Crippen molar-refractivity contribution >= 4 is 28.7 Å². The van der Waals surface area contributed by atoms with E-state index < -0.39 is 0 Å². The molecule has 1 atom stereocenters. The number of ether oxygens (including phenoxy) is 3. The molecule has 0 spiro atoms.